The van der Waals surface area contributed by atoms with Crippen LogP contribution in [0.3, 0.4) is 0 Å². The smallest absolute Gasteiger partial charge is 0.410 e. The van der Waals surface area contributed by atoms with E-state index in [-0.39, 0.29) is 23.7 Å². The van der Waals surface area contributed by atoms with Crippen molar-refractivity contribution in [3.63, 3.8) is 0 Å². The molecule has 4 rings (SSSR count). The van der Waals surface area contributed by atoms with Crippen LogP contribution in [0.15, 0.2) is 36.4 Å². The Labute approximate surface area is 223 Å². The molecule has 198 valence electrons. The van der Waals surface area contributed by atoms with E-state index in [1.54, 1.807) is 21.9 Å². The lowest BCUT2D eigenvalue weighted by atomic mass is 9.92. The highest BCUT2D eigenvalue weighted by atomic mass is 35.5. The highest BCUT2D eigenvalue weighted by Crippen LogP contribution is 2.38. The van der Waals surface area contributed by atoms with E-state index >= 15 is 0 Å². The van der Waals surface area contributed by atoms with Crippen LogP contribution in [0.5, 0.6) is 0 Å². The van der Waals surface area contributed by atoms with Gasteiger partial charge >= 0.3 is 6.09 Å². The van der Waals surface area contributed by atoms with Crippen molar-refractivity contribution in [2.45, 2.75) is 46.6 Å². The standard InChI is InChI=1S/C28H35ClN4O4/c1-6-7-8-19-17-33(23-15-18(2)30-24(23)25(19)34)20-9-10-21(22(29)16-20)26(35)31-11-13-32(14-12-31)27(36)37-28(3,4)5/h6-7,9-10,15-16,19,30H,8,11-14,17H2,1-5H3. The lowest BCUT2D eigenvalue weighted by Crippen LogP contribution is -2.51. The summed E-state index contributed by atoms with van der Waals surface area (Å²) in [4.78, 5) is 47.3. The van der Waals surface area contributed by atoms with Gasteiger partial charge in [0.05, 0.1) is 16.3 Å². The first-order chi connectivity index (χ1) is 17.5. The Morgan fingerprint density at radius 2 is 1.81 bits per heavy atom. The van der Waals surface area contributed by atoms with Crippen LogP contribution in [0.4, 0.5) is 16.2 Å². The summed E-state index contributed by atoms with van der Waals surface area (Å²) in [5.41, 5.74) is 3.03. The summed E-state index contributed by atoms with van der Waals surface area (Å²) in [6.07, 6.45) is 4.26. The minimum absolute atomic E-state index is 0.112. The van der Waals surface area contributed by atoms with Crippen LogP contribution < -0.4 is 4.90 Å². The van der Waals surface area contributed by atoms with Gasteiger partial charge in [-0.15, -0.1) is 0 Å². The number of fused-ring (bicyclic) bond motifs is 1. The van der Waals surface area contributed by atoms with Crippen molar-refractivity contribution in [1.29, 1.82) is 0 Å². The number of piperazine rings is 1. The molecule has 2 aliphatic heterocycles. The van der Waals surface area contributed by atoms with Gasteiger partial charge in [-0.3, -0.25) is 9.59 Å². The van der Waals surface area contributed by atoms with E-state index in [2.05, 4.69) is 9.88 Å². The highest BCUT2D eigenvalue weighted by molar-refractivity contribution is 6.34. The molecule has 1 fully saturated rings. The van der Waals surface area contributed by atoms with Crippen molar-refractivity contribution in [3.05, 3.63) is 58.4 Å². The fourth-order valence-corrected chi connectivity index (χ4v) is 5.00. The number of carbonyl (C=O) groups is 3. The second-order valence-electron chi connectivity index (χ2n) is 10.6. The third-order valence-corrected chi connectivity index (χ3v) is 6.92. The number of hydrogen-bond acceptors (Lipinski definition) is 5. The molecule has 1 saturated heterocycles. The Balaban J connectivity index is 1.49. The van der Waals surface area contributed by atoms with Crippen LogP contribution in [-0.4, -0.2) is 70.9 Å². The summed E-state index contributed by atoms with van der Waals surface area (Å²) in [6.45, 7) is 11.5. The summed E-state index contributed by atoms with van der Waals surface area (Å²) in [5, 5.41) is 0.354. The van der Waals surface area contributed by atoms with Crippen molar-refractivity contribution in [3.8, 4) is 0 Å². The van der Waals surface area contributed by atoms with Crippen LogP contribution in [0, 0.1) is 12.8 Å². The topological polar surface area (TPSA) is 85.9 Å². The van der Waals surface area contributed by atoms with Gasteiger partial charge in [-0.25, -0.2) is 4.79 Å². The molecule has 2 amide bonds. The van der Waals surface area contributed by atoms with E-state index in [1.165, 1.54) is 0 Å². The van der Waals surface area contributed by atoms with Crippen molar-refractivity contribution in [2.75, 3.05) is 37.6 Å². The predicted molar refractivity (Wildman–Crippen MR) is 145 cm³/mol. The summed E-state index contributed by atoms with van der Waals surface area (Å²) in [7, 11) is 0. The Morgan fingerprint density at radius 3 is 2.43 bits per heavy atom. The zero-order valence-corrected chi connectivity index (χ0v) is 22.9. The number of aromatic amines is 1. The quantitative estimate of drug-likeness (QED) is 0.525. The van der Waals surface area contributed by atoms with Crippen LogP contribution in [-0.2, 0) is 4.74 Å². The van der Waals surface area contributed by atoms with Crippen LogP contribution in [0.1, 0.15) is 60.7 Å². The summed E-state index contributed by atoms with van der Waals surface area (Å²) in [5.74, 6) is -0.234. The average molecular weight is 527 g/mol. The van der Waals surface area contributed by atoms with Gasteiger partial charge in [-0.05, 0) is 65.3 Å². The normalized spacial score (nSPS) is 18.4. The molecule has 1 N–H and O–H groups in total. The first-order valence-electron chi connectivity index (χ1n) is 12.7. The number of benzene rings is 1. The second kappa shape index (κ2) is 10.6. The van der Waals surface area contributed by atoms with E-state index < -0.39 is 5.60 Å². The Hall–Kier alpha value is -3.26. The first kappa shape index (κ1) is 26.8. The third kappa shape index (κ3) is 5.85. The van der Waals surface area contributed by atoms with Gasteiger partial charge < -0.3 is 24.4 Å². The summed E-state index contributed by atoms with van der Waals surface area (Å²) >= 11 is 6.65. The Morgan fingerprint density at radius 1 is 1.14 bits per heavy atom. The molecule has 1 aromatic heterocycles. The Kier molecular flexibility index (Phi) is 7.69. The molecule has 37 heavy (non-hydrogen) atoms. The SMILES string of the molecule is CC=CCC1CN(c2ccc(C(=O)N3CCN(C(=O)OC(C)(C)C)CC3)c(Cl)c2)c2cc(C)[nH]c2C1=O. The molecule has 9 heteroatoms. The molecule has 0 spiro atoms. The van der Waals surface area contributed by atoms with Gasteiger partial charge in [0.25, 0.3) is 5.91 Å². The molecule has 0 aliphatic carbocycles. The molecule has 2 aliphatic rings. The number of carbonyl (C=O) groups excluding carboxylic acids is 3. The molecule has 1 unspecified atom stereocenters. The van der Waals surface area contributed by atoms with E-state index in [0.29, 0.717) is 55.4 Å². The van der Waals surface area contributed by atoms with Crippen molar-refractivity contribution in [2.24, 2.45) is 5.92 Å². The van der Waals surface area contributed by atoms with Gasteiger partial charge in [0.2, 0.25) is 0 Å². The number of aryl methyl sites for hydroxylation is 1. The van der Waals surface area contributed by atoms with Crippen LogP contribution >= 0.6 is 11.6 Å². The first-order valence-corrected chi connectivity index (χ1v) is 13.1. The number of H-pyrrole nitrogens is 1. The Bertz CT molecular complexity index is 1220. The number of hydrogen-bond donors (Lipinski definition) is 1. The fraction of sp³-hybridized carbons (Fsp3) is 0.464. The number of anilines is 2. The van der Waals surface area contributed by atoms with E-state index in [9.17, 15) is 14.4 Å². The lowest BCUT2D eigenvalue weighted by molar-refractivity contribution is 0.0141. The van der Waals surface area contributed by atoms with Gasteiger partial charge in [-0.2, -0.15) is 0 Å². The zero-order chi connectivity index (χ0) is 26.9. The summed E-state index contributed by atoms with van der Waals surface area (Å²) in [6, 6.07) is 7.39. The minimum atomic E-state index is -0.562. The molecule has 1 aromatic carbocycles. The number of Topliss-reactive ketones (excluding diaryl/α,β-unsaturated/α-hetero) is 1. The number of ether oxygens (including phenoxy) is 1. The van der Waals surface area contributed by atoms with Crippen molar-refractivity contribution in [1.82, 2.24) is 14.8 Å². The number of aromatic nitrogens is 1. The number of ketones is 1. The molecular weight excluding hydrogens is 492 g/mol. The lowest BCUT2D eigenvalue weighted by Gasteiger charge is -2.36. The maximum Gasteiger partial charge on any atom is 0.410 e. The zero-order valence-electron chi connectivity index (χ0n) is 22.1. The fourth-order valence-electron chi connectivity index (χ4n) is 4.74. The highest BCUT2D eigenvalue weighted by Gasteiger charge is 2.34. The number of rotatable bonds is 4. The van der Waals surface area contributed by atoms with E-state index in [4.69, 9.17) is 16.3 Å². The minimum Gasteiger partial charge on any atom is -0.444 e. The molecule has 1 atom stereocenters. The van der Waals surface area contributed by atoms with Crippen LogP contribution in [0.2, 0.25) is 5.02 Å². The second-order valence-corrected chi connectivity index (χ2v) is 11.0. The molecule has 0 bridgehead atoms. The number of nitrogens with one attached hydrogen (secondary N) is 1. The maximum absolute atomic E-state index is 13.3. The van der Waals surface area contributed by atoms with Gasteiger partial charge in [-0.1, -0.05) is 23.8 Å². The maximum atomic E-state index is 13.3. The third-order valence-electron chi connectivity index (χ3n) is 6.61. The monoisotopic (exact) mass is 526 g/mol. The van der Waals surface area contributed by atoms with Crippen molar-refractivity contribution < 1.29 is 19.1 Å². The average Bonchev–Trinajstić information content (AvgIpc) is 3.24. The largest absolute Gasteiger partial charge is 0.444 e. The predicted octanol–water partition coefficient (Wildman–Crippen LogP) is 5.59. The number of allylic oxidation sites excluding steroid dienone is 2. The molecule has 2 aromatic rings. The van der Waals surface area contributed by atoms with Crippen molar-refractivity contribution >= 4 is 40.8 Å². The van der Waals surface area contributed by atoms with Gasteiger partial charge in [0.15, 0.2) is 5.78 Å². The molecule has 0 radical (unpaired) electrons. The van der Waals surface area contributed by atoms with Gasteiger partial charge in [0, 0.05) is 50.0 Å². The van der Waals surface area contributed by atoms with Crippen LogP contribution in [0.25, 0.3) is 0 Å². The van der Waals surface area contributed by atoms with E-state index in [0.717, 1.165) is 17.1 Å². The number of amides is 2. The molecule has 3 heterocycles. The molecular formula is C28H35ClN4O4. The van der Waals surface area contributed by atoms with E-state index in [1.807, 2.05) is 58.9 Å². The number of nitrogens with zero attached hydrogens (tertiary/aromatic N) is 3. The molecule has 0 saturated carbocycles. The molecule has 8 nitrogen and oxygen atoms in total. The summed E-state index contributed by atoms with van der Waals surface area (Å²) < 4.78 is 5.44. The van der Waals surface area contributed by atoms with Gasteiger partial charge in [0.1, 0.15) is 11.3 Å². The number of halogens is 1.